The lowest BCUT2D eigenvalue weighted by atomic mass is 10.0. The predicted octanol–water partition coefficient (Wildman–Crippen LogP) is 3.33. The van der Waals surface area contributed by atoms with E-state index in [1.165, 1.54) is 17.8 Å². The van der Waals surface area contributed by atoms with Crippen LogP contribution in [-0.4, -0.2) is 41.5 Å². The molecule has 134 valence electrons. The van der Waals surface area contributed by atoms with Gasteiger partial charge in [0.05, 0.1) is 16.8 Å². The third-order valence-corrected chi connectivity index (χ3v) is 5.09. The molecule has 0 atom stereocenters. The highest BCUT2D eigenvalue weighted by Crippen LogP contribution is 2.20. The quantitative estimate of drug-likeness (QED) is 0.824. The van der Waals surface area contributed by atoms with Gasteiger partial charge in [0.1, 0.15) is 12.4 Å². The van der Waals surface area contributed by atoms with Gasteiger partial charge in [-0.05, 0) is 37.9 Å². The van der Waals surface area contributed by atoms with Crippen molar-refractivity contribution >= 4 is 17.2 Å². The van der Waals surface area contributed by atoms with Gasteiger partial charge in [0.15, 0.2) is 0 Å². The van der Waals surface area contributed by atoms with Crippen molar-refractivity contribution in [3.8, 4) is 5.75 Å². The normalized spacial score (nSPS) is 15.9. The summed E-state index contributed by atoms with van der Waals surface area (Å²) in [5.41, 5.74) is 3.25. The molecule has 1 aliphatic rings. The maximum Gasteiger partial charge on any atom is 0.255 e. The monoisotopic (exact) mass is 359 g/mol. The Balaban J connectivity index is 1.57. The first kappa shape index (κ1) is 17.9. The number of hydrogen-bond donors (Lipinski definition) is 1. The van der Waals surface area contributed by atoms with Crippen molar-refractivity contribution in [2.24, 2.45) is 0 Å². The molecule has 1 N–H and O–H groups in total. The van der Waals surface area contributed by atoms with Gasteiger partial charge in [0.25, 0.3) is 5.91 Å². The highest BCUT2D eigenvalue weighted by Gasteiger charge is 2.22. The van der Waals surface area contributed by atoms with E-state index < -0.39 is 0 Å². The largest absolute Gasteiger partial charge is 0.486 e. The molecule has 1 amide bonds. The highest BCUT2D eigenvalue weighted by molar-refractivity contribution is 7.07. The topological polar surface area (TPSA) is 54.5 Å². The summed E-state index contributed by atoms with van der Waals surface area (Å²) >= 11 is 1.54. The van der Waals surface area contributed by atoms with Gasteiger partial charge >= 0.3 is 0 Å². The summed E-state index contributed by atoms with van der Waals surface area (Å²) in [7, 11) is 0. The van der Waals surface area contributed by atoms with E-state index in [1.54, 1.807) is 5.51 Å². The minimum atomic E-state index is -0.0529. The summed E-state index contributed by atoms with van der Waals surface area (Å²) in [6.45, 7) is 5.84. The summed E-state index contributed by atoms with van der Waals surface area (Å²) in [6.07, 6.45) is 3.20. The van der Waals surface area contributed by atoms with Crippen molar-refractivity contribution in [2.45, 2.75) is 38.8 Å². The van der Waals surface area contributed by atoms with Crippen LogP contribution in [0, 0.1) is 0 Å². The molecular formula is C19H25N3O2S. The zero-order valence-electron chi connectivity index (χ0n) is 14.6. The second kappa shape index (κ2) is 8.97. The molecule has 2 aromatic rings. The van der Waals surface area contributed by atoms with Crippen molar-refractivity contribution in [3.05, 3.63) is 46.4 Å². The van der Waals surface area contributed by atoms with Gasteiger partial charge in [-0.1, -0.05) is 19.1 Å². The number of nitrogens with zero attached hydrogens (tertiary/aromatic N) is 2. The SMILES string of the molecule is CCCN1CCC(NC(=O)c2ccccc2OCc2cscn2)CC1. The Labute approximate surface area is 153 Å². The summed E-state index contributed by atoms with van der Waals surface area (Å²) < 4.78 is 5.82. The number of ether oxygens (including phenoxy) is 1. The van der Waals surface area contributed by atoms with Crippen LogP contribution in [-0.2, 0) is 6.61 Å². The number of rotatable bonds is 7. The minimum absolute atomic E-state index is 0.0529. The van der Waals surface area contributed by atoms with Crippen LogP contribution in [0.4, 0.5) is 0 Å². The number of para-hydroxylation sites is 1. The molecule has 2 heterocycles. The lowest BCUT2D eigenvalue weighted by Crippen LogP contribution is -2.44. The fraction of sp³-hybridized carbons (Fsp3) is 0.474. The van der Waals surface area contributed by atoms with Crippen LogP contribution in [0.5, 0.6) is 5.75 Å². The standard InChI is InChI=1S/C19H25N3O2S/c1-2-9-22-10-7-15(8-11-22)21-19(23)17-5-3-4-6-18(17)24-12-16-13-25-14-20-16/h3-6,13-15H,2,7-12H2,1H3,(H,21,23). The molecule has 0 spiro atoms. The van der Waals surface area contributed by atoms with E-state index in [4.69, 9.17) is 4.74 Å². The number of thiazole rings is 1. The fourth-order valence-corrected chi connectivity index (χ4v) is 3.66. The molecule has 0 saturated carbocycles. The van der Waals surface area contributed by atoms with E-state index in [0.717, 1.165) is 38.2 Å². The fourth-order valence-electron chi connectivity index (χ4n) is 3.12. The molecular weight excluding hydrogens is 334 g/mol. The number of amides is 1. The van der Waals surface area contributed by atoms with Crippen LogP contribution in [0.25, 0.3) is 0 Å². The summed E-state index contributed by atoms with van der Waals surface area (Å²) in [6, 6.07) is 7.65. The molecule has 0 unspecified atom stereocenters. The number of carbonyl (C=O) groups is 1. The zero-order chi connectivity index (χ0) is 17.5. The zero-order valence-corrected chi connectivity index (χ0v) is 15.4. The Morgan fingerprint density at radius 1 is 1.36 bits per heavy atom. The van der Waals surface area contributed by atoms with Gasteiger partial charge < -0.3 is 15.0 Å². The van der Waals surface area contributed by atoms with Crippen molar-refractivity contribution < 1.29 is 9.53 Å². The molecule has 6 heteroatoms. The van der Waals surface area contributed by atoms with Crippen LogP contribution in [0.1, 0.15) is 42.2 Å². The van der Waals surface area contributed by atoms with Gasteiger partial charge in [-0.3, -0.25) is 4.79 Å². The number of carbonyl (C=O) groups excluding carboxylic acids is 1. The molecule has 1 aromatic carbocycles. The number of nitrogens with one attached hydrogen (secondary N) is 1. The molecule has 5 nitrogen and oxygen atoms in total. The van der Waals surface area contributed by atoms with E-state index in [0.29, 0.717) is 17.9 Å². The van der Waals surface area contributed by atoms with Crippen molar-refractivity contribution in [1.29, 1.82) is 0 Å². The molecule has 25 heavy (non-hydrogen) atoms. The average molecular weight is 359 g/mol. The molecule has 0 radical (unpaired) electrons. The average Bonchev–Trinajstić information content (AvgIpc) is 3.16. The Hall–Kier alpha value is -1.92. The van der Waals surface area contributed by atoms with E-state index in [9.17, 15) is 4.79 Å². The molecule has 3 rings (SSSR count). The van der Waals surface area contributed by atoms with Crippen LogP contribution in [0.3, 0.4) is 0 Å². The first-order valence-corrected chi connectivity index (χ1v) is 9.82. The van der Waals surface area contributed by atoms with Crippen molar-refractivity contribution in [3.63, 3.8) is 0 Å². The molecule has 1 saturated heterocycles. The van der Waals surface area contributed by atoms with Crippen LogP contribution >= 0.6 is 11.3 Å². The first-order valence-electron chi connectivity index (χ1n) is 8.88. The Kier molecular flexibility index (Phi) is 6.42. The first-order chi connectivity index (χ1) is 12.3. The van der Waals surface area contributed by atoms with E-state index in [2.05, 4.69) is 22.1 Å². The number of piperidine rings is 1. The second-order valence-corrected chi connectivity index (χ2v) is 7.07. The second-order valence-electron chi connectivity index (χ2n) is 6.35. The number of aromatic nitrogens is 1. The third-order valence-electron chi connectivity index (χ3n) is 4.45. The minimum Gasteiger partial charge on any atom is -0.486 e. The molecule has 1 aliphatic heterocycles. The van der Waals surface area contributed by atoms with Gasteiger partial charge in [-0.2, -0.15) is 0 Å². The summed E-state index contributed by atoms with van der Waals surface area (Å²) in [5, 5.41) is 5.12. The smallest absolute Gasteiger partial charge is 0.255 e. The maximum atomic E-state index is 12.7. The molecule has 0 aliphatic carbocycles. The van der Waals surface area contributed by atoms with E-state index >= 15 is 0 Å². The third kappa shape index (κ3) is 5.03. The van der Waals surface area contributed by atoms with Gasteiger partial charge in [0.2, 0.25) is 0 Å². The molecule has 0 bridgehead atoms. The van der Waals surface area contributed by atoms with Crippen molar-refractivity contribution in [1.82, 2.24) is 15.2 Å². The van der Waals surface area contributed by atoms with Crippen LogP contribution < -0.4 is 10.1 Å². The predicted molar refractivity (Wildman–Crippen MR) is 100 cm³/mol. The highest BCUT2D eigenvalue weighted by atomic mass is 32.1. The van der Waals surface area contributed by atoms with Gasteiger partial charge in [0, 0.05) is 24.5 Å². The summed E-state index contributed by atoms with van der Waals surface area (Å²) in [5.74, 6) is 0.555. The van der Waals surface area contributed by atoms with Crippen LogP contribution in [0.2, 0.25) is 0 Å². The van der Waals surface area contributed by atoms with Crippen molar-refractivity contribution in [2.75, 3.05) is 19.6 Å². The Morgan fingerprint density at radius 3 is 2.88 bits per heavy atom. The molecule has 1 fully saturated rings. The Bertz CT molecular complexity index is 667. The number of benzene rings is 1. The Morgan fingerprint density at radius 2 is 2.16 bits per heavy atom. The lowest BCUT2D eigenvalue weighted by Gasteiger charge is -2.32. The van der Waals surface area contributed by atoms with Gasteiger partial charge in [-0.25, -0.2) is 4.98 Å². The van der Waals surface area contributed by atoms with Gasteiger partial charge in [-0.15, -0.1) is 11.3 Å². The van der Waals surface area contributed by atoms with E-state index in [-0.39, 0.29) is 11.9 Å². The molecule has 1 aromatic heterocycles. The maximum absolute atomic E-state index is 12.7. The summed E-state index contributed by atoms with van der Waals surface area (Å²) in [4.78, 5) is 19.4. The lowest BCUT2D eigenvalue weighted by molar-refractivity contribution is 0.0906. The van der Waals surface area contributed by atoms with E-state index in [1.807, 2.05) is 29.6 Å². The van der Waals surface area contributed by atoms with Crippen LogP contribution in [0.15, 0.2) is 35.2 Å². The number of likely N-dealkylation sites (tertiary alicyclic amines) is 1. The number of hydrogen-bond acceptors (Lipinski definition) is 5.